The number of benzene rings is 2. The third-order valence-corrected chi connectivity index (χ3v) is 9.38. The Morgan fingerprint density at radius 2 is 1.15 bits per heavy atom. The number of amides is 2. The molecule has 2 N–H and O–H groups in total. The van der Waals surface area contributed by atoms with Crippen molar-refractivity contribution in [3.05, 3.63) is 71.8 Å². The summed E-state index contributed by atoms with van der Waals surface area (Å²) in [6.45, 7) is 3.55. The number of rotatable bonds is 8. The van der Waals surface area contributed by atoms with Crippen LogP contribution in [0.25, 0.3) is 0 Å². The van der Waals surface area contributed by atoms with Gasteiger partial charge in [0.15, 0.2) is 20.1 Å². The van der Waals surface area contributed by atoms with Gasteiger partial charge in [-0.1, -0.05) is 95.5 Å². The zero-order valence-electron chi connectivity index (χ0n) is 21.2. The van der Waals surface area contributed by atoms with Crippen LogP contribution in [0.2, 0.25) is 0 Å². The lowest BCUT2D eigenvalue weighted by atomic mass is 9.98. The first-order valence-electron chi connectivity index (χ1n) is 12.1. The second-order valence-electron chi connectivity index (χ2n) is 9.21. The maximum Gasteiger partial charge on any atom is 0.256 e. The molecule has 0 bridgehead atoms. The molecule has 39 heavy (non-hydrogen) atoms. The van der Waals surface area contributed by atoms with E-state index in [9.17, 15) is 19.8 Å². The summed E-state index contributed by atoms with van der Waals surface area (Å²) in [6.07, 6.45) is 0.474. The van der Waals surface area contributed by atoms with Crippen LogP contribution in [-0.2, 0) is 21.0 Å². The van der Waals surface area contributed by atoms with Gasteiger partial charge in [-0.05, 0) is 13.8 Å². The van der Waals surface area contributed by atoms with Gasteiger partial charge in [-0.25, -0.2) is 0 Å². The molecule has 0 unspecified atom stereocenters. The molecule has 0 saturated heterocycles. The number of aromatic nitrogens is 2. The number of hydrogen-bond donors (Lipinski definition) is 2. The van der Waals surface area contributed by atoms with Gasteiger partial charge in [-0.3, -0.25) is 9.59 Å². The zero-order chi connectivity index (χ0) is 27.6. The van der Waals surface area contributed by atoms with Crippen LogP contribution in [0.3, 0.4) is 0 Å². The predicted molar refractivity (Wildman–Crippen MR) is 151 cm³/mol. The van der Waals surface area contributed by atoms with Gasteiger partial charge in [-0.2, -0.15) is 20.2 Å². The van der Waals surface area contributed by atoms with E-state index >= 15 is 0 Å². The van der Waals surface area contributed by atoms with E-state index in [1.54, 1.807) is 38.1 Å². The van der Waals surface area contributed by atoms with Crippen molar-refractivity contribution in [3.8, 4) is 0 Å². The second-order valence-corrected chi connectivity index (χ2v) is 12.6. The van der Waals surface area contributed by atoms with Crippen LogP contribution in [0, 0.1) is 0 Å². The third-order valence-electron chi connectivity index (χ3n) is 6.22. The molecule has 0 fully saturated rings. The summed E-state index contributed by atoms with van der Waals surface area (Å²) in [7, 11) is 0. The van der Waals surface area contributed by atoms with E-state index in [-0.39, 0.29) is 36.2 Å². The van der Waals surface area contributed by atoms with E-state index < -0.39 is 11.4 Å². The zero-order valence-corrected chi connectivity index (χ0v) is 23.7. The van der Waals surface area contributed by atoms with E-state index in [2.05, 4.69) is 20.4 Å². The van der Waals surface area contributed by atoms with Gasteiger partial charge in [0.25, 0.3) is 11.8 Å². The molecule has 0 saturated carbocycles. The predicted octanol–water partition coefficient (Wildman–Crippen LogP) is 3.63. The van der Waals surface area contributed by atoms with Gasteiger partial charge in [0.05, 0.1) is 11.5 Å². The number of hydrogen-bond acceptors (Lipinski definition) is 11. The Morgan fingerprint density at radius 1 is 0.769 bits per heavy atom. The number of carbonyl (C=O) groups is 2. The lowest BCUT2D eigenvalue weighted by Crippen LogP contribution is -2.44. The van der Waals surface area contributed by atoms with Crippen molar-refractivity contribution in [1.82, 2.24) is 20.2 Å². The molecule has 202 valence electrons. The quantitative estimate of drug-likeness (QED) is 0.385. The normalized spacial score (nSPS) is 22.7. The molecule has 1 aromatic heterocycles. The molecule has 2 amide bonds. The standard InChI is InChI=1S/C26H26N6O4S3/c1-17-13-25(35,19-9-5-3-6-10-19)31(29-17)21(33)15-37-23-27-28-24(39-23)38-16-22(34)32-26(36,14-18(2)30-32)20-11-7-4-8-12-20/h3-12,35-36H,13-16H2,1-2H3/t25-,26+. The Balaban J connectivity index is 1.18. The Morgan fingerprint density at radius 3 is 1.54 bits per heavy atom. The van der Waals surface area contributed by atoms with Crippen molar-refractivity contribution >= 4 is 58.1 Å². The molecule has 0 radical (unpaired) electrons. The van der Waals surface area contributed by atoms with E-state index in [0.29, 0.717) is 31.2 Å². The third kappa shape index (κ3) is 5.63. The molecule has 3 heterocycles. The SMILES string of the molecule is CC1=NN(C(=O)CSc2nnc(SCC(=O)N3N=C(C)C[C@]3(O)c3ccccc3)s2)[C@](O)(c2ccccc2)C1. The highest BCUT2D eigenvalue weighted by molar-refractivity contribution is 8.03. The first-order valence-corrected chi connectivity index (χ1v) is 14.9. The van der Waals surface area contributed by atoms with E-state index in [1.165, 1.54) is 34.9 Å². The van der Waals surface area contributed by atoms with Crippen LogP contribution in [-0.4, -0.2) is 65.2 Å². The average molecular weight is 583 g/mol. The smallest absolute Gasteiger partial charge is 0.256 e. The molecule has 2 atom stereocenters. The fraction of sp³-hybridized carbons (Fsp3) is 0.308. The lowest BCUT2D eigenvalue weighted by Gasteiger charge is -2.31. The average Bonchev–Trinajstić information content (AvgIpc) is 3.62. The molecular weight excluding hydrogens is 557 g/mol. The highest BCUT2D eigenvalue weighted by atomic mass is 32.2. The van der Waals surface area contributed by atoms with Crippen molar-refractivity contribution in [3.63, 3.8) is 0 Å². The van der Waals surface area contributed by atoms with Crippen molar-refractivity contribution in [2.75, 3.05) is 11.5 Å². The first-order chi connectivity index (χ1) is 18.7. The van der Waals surface area contributed by atoms with Gasteiger partial charge in [0.2, 0.25) is 0 Å². The van der Waals surface area contributed by atoms with Gasteiger partial charge in [-0.15, -0.1) is 10.2 Å². The molecule has 3 aromatic rings. The van der Waals surface area contributed by atoms with Crippen LogP contribution in [0.5, 0.6) is 0 Å². The van der Waals surface area contributed by atoms with E-state index in [1.807, 2.05) is 36.4 Å². The van der Waals surface area contributed by atoms with Gasteiger partial charge in [0.1, 0.15) is 0 Å². The largest absolute Gasteiger partial charge is 0.365 e. The number of thioether (sulfide) groups is 2. The highest BCUT2D eigenvalue weighted by Gasteiger charge is 2.45. The maximum atomic E-state index is 13.0. The van der Waals surface area contributed by atoms with Crippen molar-refractivity contribution in [2.45, 2.75) is 46.8 Å². The summed E-state index contributed by atoms with van der Waals surface area (Å²) >= 11 is 3.65. The number of aliphatic hydroxyl groups is 2. The summed E-state index contributed by atoms with van der Waals surface area (Å²) in [5.41, 5.74) is -0.529. The number of carbonyl (C=O) groups excluding carboxylic acids is 2. The summed E-state index contributed by atoms with van der Waals surface area (Å²) in [6, 6.07) is 18.0. The molecular formula is C26H26N6O4S3. The van der Waals surface area contributed by atoms with Crippen LogP contribution in [0.4, 0.5) is 0 Å². The van der Waals surface area contributed by atoms with Crippen molar-refractivity contribution in [1.29, 1.82) is 0 Å². The molecule has 0 spiro atoms. The summed E-state index contributed by atoms with van der Waals surface area (Å²) in [5.74, 6) is -0.693. The molecule has 0 aliphatic carbocycles. The van der Waals surface area contributed by atoms with Crippen LogP contribution < -0.4 is 0 Å². The fourth-order valence-electron chi connectivity index (χ4n) is 4.51. The van der Waals surface area contributed by atoms with Gasteiger partial charge >= 0.3 is 0 Å². The highest BCUT2D eigenvalue weighted by Crippen LogP contribution is 2.38. The Kier molecular flexibility index (Phi) is 7.87. The number of hydrazone groups is 2. The van der Waals surface area contributed by atoms with Crippen LogP contribution >= 0.6 is 34.9 Å². The minimum atomic E-state index is -1.52. The fourth-order valence-corrected chi connectivity index (χ4v) is 7.21. The molecule has 2 aliphatic rings. The Hall–Kier alpha value is -3.10. The Bertz CT molecular complexity index is 1330. The summed E-state index contributed by atoms with van der Waals surface area (Å²) in [5, 5.41) is 41.7. The van der Waals surface area contributed by atoms with Crippen molar-refractivity contribution in [2.24, 2.45) is 10.2 Å². The van der Waals surface area contributed by atoms with Crippen LogP contribution in [0.1, 0.15) is 37.8 Å². The van der Waals surface area contributed by atoms with E-state index in [0.717, 1.165) is 10.0 Å². The molecule has 2 aliphatic heterocycles. The van der Waals surface area contributed by atoms with E-state index in [4.69, 9.17) is 0 Å². The number of nitrogens with zero attached hydrogens (tertiary/aromatic N) is 6. The summed E-state index contributed by atoms with van der Waals surface area (Å²) in [4.78, 5) is 26.1. The van der Waals surface area contributed by atoms with Gasteiger partial charge < -0.3 is 10.2 Å². The van der Waals surface area contributed by atoms with Crippen molar-refractivity contribution < 1.29 is 19.8 Å². The topological polar surface area (TPSA) is 132 Å². The molecule has 5 rings (SSSR count). The minimum Gasteiger partial charge on any atom is -0.365 e. The summed E-state index contributed by atoms with van der Waals surface area (Å²) < 4.78 is 1.11. The molecule has 10 nitrogen and oxygen atoms in total. The second kappa shape index (κ2) is 11.2. The minimum absolute atomic E-state index is 0.00995. The monoisotopic (exact) mass is 582 g/mol. The first kappa shape index (κ1) is 27.5. The molecule has 2 aromatic carbocycles. The lowest BCUT2D eigenvalue weighted by molar-refractivity contribution is -0.155. The molecule has 13 heteroatoms. The van der Waals surface area contributed by atoms with Crippen LogP contribution in [0.15, 0.2) is 79.5 Å². The maximum absolute atomic E-state index is 13.0. The van der Waals surface area contributed by atoms with Gasteiger partial charge in [0, 0.05) is 35.4 Å². The Labute approximate surface area is 237 Å².